The normalized spacial score (nSPS) is 16.9. The van der Waals surface area contributed by atoms with Gasteiger partial charge in [-0.3, -0.25) is 4.79 Å². The number of nitrogens with zero attached hydrogens (tertiary/aromatic N) is 4. The van der Waals surface area contributed by atoms with Crippen LogP contribution in [0.3, 0.4) is 0 Å². The molecule has 28 heavy (non-hydrogen) atoms. The Balaban J connectivity index is 1.75. The zero-order valence-corrected chi connectivity index (χ0v) is 17.6. The van der Waals surface area contributed by atoms with Gasteiger partial charge in [-0.2, -0.15) is 5.26 Å². The first-order chi connectivity index (χ1) is 13.5. The molecule has 1 N–H and O–H groups in total. The second-order valence-corrected chi connectivity index (χ2v) is 8.68. The van der Waals surface area contributed by atoms with E-state index in [-0.39, 0.29) is 11.2 Å². The van der Waals surface area contributed by atoms with E-state index in [2.05, 4.69) is 34.6 Å². The number of aromatic nitrogens is 3. The fraction of sp³-hybridized carbons (Fsp3) is 0.524. The van der Waals surface area contributed by atoms with E-state index < -0.39 is 5.54 Å². The largest absolute Gasteiger partial charge is 0.337 e. The first-order valence-electron chi connectivity index (χ1n) is 9.89. The molecule has 0 aliphatic heterocycles. The van der Waals surface area contributed by atoms with Crippen LogP contribution >= 0.6 is 11.8 Å². The number of thioether (sulfide) groups is 1. The predicted molar refractivity (Wildman–Crippen MR) is 111 cm³/mol. The molecule has 148 valence electrons. The highest BCUT2D eigenvalue weighted by molar-refractivity contribution is 8.00. The number of hydrogen-bond donors (Lipinski definition) is 1. The van der Waals surface area contributed by atoms with Crippen molar-refractivity contribution in [3.05, 3.63) is 29.8 Å². The first kappa shape index (κ1) is 20.4. The number of carbonyl (C=O) groups is 1. The predicted octanol–water partition coefficient (Wildman–Crippen LogP) is 4.10. The third-order valence-corrected chi connectivity index (χ3v) is 6.43. The van der Waals surface area contributed by atoms with Crippen LogP contribution in [0.4, 0.5) is 0 Å². The summed E-state index contributed by atoms with van der Waals surface area (Å²) in [6, 6.07) is 10.4. The molecule has 1 aromatic carbocycles. The third-order valence-electron chi connectivity index (χ3n) is 5.35. The van der Waals surface area contributed by atoms with Gasteiger partial charge in [-0.15, -0.1) is 10.2 Å². The molecule has 6 nitrogen and oxygen atoms in total. The maximum Gasteiger partial charge on any atom is 0.234 e. The summed E-state index contributed by atoms with van der Waals surface area (Å²) < 4.78 is 2.04. The SMILES string of the molecule is CCn1c(S[C@@H](C)C(=O)NC2(C#N)CCCCC2)nnc1-c1ccccc1C. The average Bonchev–Trinajstić information content (AvgIpc) is 3.11. The molecule has 1 aromatic heterocycles. The van der Waals surface area contributed by atoms with Crippen molar-refractivity contribution in [2.24, 2.45) is 0 Å². The van der Waals surface area contributed by atoms with E-state index in [1.54, 1.807) is 0 Å². The van der Waals surface area contributed by atoms with Crippen molar-refractivity contribution < 1.29 is 4.79 Å². The lowest BCUT2D eigenvalue weighted by Crippen LogP contribution is -2.51. The number of aryl methyl sites for hydroxylation is 1. The van der Waals surface area contributed by atoms with Crippen LogP contribution in [-0.4, -0.2) is 31.5 Å². The van der Waals surface area contributed by atoms with Gasteiger partial charge in [0, 0.05) is 12.1 Å². The van der Waals surface area contributed by atoms with E-state index in [1.165, 1.54) is 11.8 Å². The molecule has 3 rings (SSSR count). The van der Waals surface area contributed by atoms with Crippen LogP contribution in [0.1, 0.15) is 51.5 Å². The fourth-order valence-corrected chi connectivity index (χ4v) is 4.57. The van der Waals surface area contributed by atoms with Gasteiger partial charge >= 0.3 is 0 Å². The summed E-state index contributed by atoms with van der Waals surface area (Å²) in [5.41, 5.74) is 1.47. The lowest BCUT2D eigenvalue weighted by molar-refractivity contribution is -0.121. The third kappa shape index (κ3) is 4.22. The minimum absolute atomic E-state index is 0.114. The smallest absolute Gasteiger partial charge is 0.234 e. The lowest BCUT2D eigenvalue weighted by atomic mass is 9.83. The number of benzene rings is 1. The van der Waals surface area contributed by atoms with Gasteiger partial charge in [-0.1, -0.05) is 55.3 Å². The number of nitriles is 1. The zero-order chi connectivity index (χ0) is 20.1. The second-order valence-electron chi connectivity index (χ2n) is 7.37. The van der Waals surface area contributed by atoms with Crippen LogP contribution in [-0.2, 0) is 11.3 Å². The minimum atomic E-state index is -0.713. The van der Waals surface area contributed by atoms with Crippen molar-refractivity contribution in [2.75, 3.05) is 0 Å². The topological polar surface area (TPSA) is 83.6 Å². The van der Waals surface area contributed by atoms with Gasteiger partial charge in [0.2, 0.25) is 5.91 Å². The van der Waals surface area contributed by atoms with Crippen molar-refractivity contribution in [1.82, 2.24) is 20.1 Å². The summed E-state index contributed by atoms with van der Waals surface area (Å²) in [5, 5.41) is 21.7. The molecule has 1 atom stereocenters. The highest BCUT2D eigenvalue weighted by Crippen LogP contribution is 2.31. The Kier molecular flexibility index (Phi) is 6.40. The van der Waals surface area contributed by atoms with Gasteiger partial charge in [0.05, 0.1) is 11.3 Å². The first-order valence-corrected chi connectivity index (χ1v) is 10.8. The van der Waals surface area contributed by atoms with Crippen LogP contribution in [0.5, 0.6) is 0 Å². The molecule has 1 amide bonds. The number of carbonyl (C=O) groups excluding carboxylic acids is 1. The Morgan fingerprint density at radius 3 is 2.68 bits per heavy atom. The molecule has 0 saturated heterocycles. The Morgan fingerprint density at radius 1 is 1.32 bits per heavy atom. The summed E-state index contributed by atoms with van der Waals surface area (Å²) in [6.07, 6.45) is 4.56. The number of amides is 1. The summed E-state index contributed by atoms with van der Waals surface area (Å²) in [4.78, 5) is 12.8. The van der Waals surface area contributed by atoms with Gasteiger partial charge in [0.15, 0.2) is 11.0 Å². The summed E-state index contributed by atoms with van der Waals surface area (Å²) in [6.45, 7) is 6.68. The maximum absolute atomic E-state index is 12.8. The lowest BCUT2D eigenvalue weighted by Gasteiger charge is -2.32. The molecule has 7 heteroatoms. The second kappa shape index (κ2) is 8.78. The van der Waals surface area contributed by atoms with Gasteiger partial charge in [0.25, 0.3) is 0 Å². The fourth-order valence-electron chi connectivity index (χ4n) is 3.65. The van der Waals surface area contributed by atoms with E-state index in [1.807, 2.05) is 36.6 Å². The molecule has 1 saturated carbocycles. The summed E-state index contributed by atoms with van der Waals surface area (Å²) >= 11 is 1.39. The van der Waals surface area contributed by atoms with E-state index >= 15 is 0 Å². The maximum atomic E-state index is 12.8. The minimum Gasteiger partial charge on any atom is -0.337 e. The molecular formula is C21H27N5OS. The van der Waals surface area contributed by atoms with E-state index in [4.69, 9.17) is 0 Å². The van der Waals surface area contributed by atoms with Crippen LogP contribution in [0.15, 0.2) is 29.4 Å². The van der Waals surface area contributed by atoms with Crippen LogP contribution in [0.2, 0.25) is 0 Å². The molecule has 0 spiro atoms. The zero-order valence-electron chi connectivity index (χ0n) is 16.7. The Hall–Kier alpha value is -2.33. The van der Waals surface area contributed by atoms with Gasteiger partial charge in [-0.25, -0.2) is 0 Å². The van der Waals surface area contributed by atoms with Crippen molar-refractivity contribution in [2.45, 2.75) is 75.4 Å². The van der Waals surface area contributed by atoms with Gasteiger partial charge in [-0.05, 0) is 39.2 Å². The van der Waals surface area contributed by atoms with Crippen molar-refractivity contribution in [1.29, 1.82) is 5.26 Å². The Morgan fingerprint density at radius 2 is 2.04 bits per heavy atom. The monoisotopic (exact) mass is 397 g/mol. The molecule has 0 radical (unpaired) electrons. The summed E-state index contributed by atoms with van der Waals surface area (Å²) in [5.74, 6) is 0.702. The molecule has 1 aliphatic rings. The van der Waals surface area contributed by atoms with E-state index in [9.17, 15) is 10.1 Å². The molecule has 0 bridgehead atoms. The molecule has 0 unspecified atom stereocenters. The van der Waals surface area contributed by atoms with Crippen LogP contribution < -0.4 is 5.32 Å². The Labute approximate surface area is 170 Å². The van der Waals surface area contributed by atoms with Gasteiger partial charge < -0.3 is 9.88 Å². The van der Waals surface area contributed by atoms with Crippen molar-refractivity contribution in [3.63, 3.8) is 0 Å². The molecule has 2 aromatic rings. The molecule has 1 aliphatic carbocycles. The standard InChI is InChI=1S/C21H27N5OS/c1-4-26-18(17-11-7-6-10-15(17)2)24-25-20(26)28-16(3)19(27)23-21(14-22)12-8-5-9-13-21/h6-7,10-11,16H,4-5,8-9,12-13H2,1-3H3,(H,23,27)/t16-/m0/s1. The molecule has 1 heterocycles. The summed E-state index contributed by atoms with van der Waals surface area (Å²) in [7, 11) is 0. The number of nitrogens with one attached hydrogen (secondary N) is 1. The quantitative estimate of drug-likeness (QED) is 0.742. The average molecular weight is 398 g/mol. The molecular weight excluding hydrogens is 370 g/mol. The molecule has 1 fully saturated rings. The van der Waals surface area contributed by atoms with E-state index in [0.717, 1.165) is 60.8 Å². The van der Waals surface area contributed by atoms with Gasteiger partial charge in [0.1, 0.15) is 5.54 Å². The van der Waals surface area contributed by atoms with Crippen LogP contribution in [0.25, 0.3) is 11.4 Å². The number of hydrogen-bond acceptors (Lipinski definition) is 5. The highest BCUT2D eigenvalue weighted by Gasteiger charge is 2.35. The van der Waals surface area contributed by atoms with E-state index in [0.29, 0.717) is 0 Å². The highest BCUT2D eigenvalue weighted by atomic mass is 32.2. The number of rotatable bonds is 6. The van der Waals surface area contributed by atoms with Crippen molar-refractivity contribution >= 4 is 17.7 Å². The van der Waals surface area contributed by atoms with Crippen LogP contribution in [0, 0.1) is 18.3 Å². The Bertz CT molecular complexity index is 879. The van der Waals surface area contributed by atoms with Crippen molar-refractivity contribution in [3.8, 4) is 17.5 Å².